The number of benzene rings is 1. The number of carbonyl (C=O) groups excluding carboxylic acids is 2. The fourth-order valence-corrected chi connectivity index (χ4v) is 2.53. The van der Waals surface area contributed by atoms with Gasteiger partial charge in [0.2, 0.25) is 11.8 Å². The maximum absolute atomic E-state index is 12.4. The van der Waals surface area contributed by atoms with E-state index >= 15 is 0 Å². The van der Waals surface area contributed by atoms with E-state index in [1.165, 1.54) is 0 Å². The number of anilines is 1. The first-order valence-electron chi connectivity index (χ1n) is 6.95. The van der Waals surface area contributed by atoms with Gasteiger partial charge in [-0.25, -0.2) is 0 Å². The third kappa shape index (κ3) is 4.19. The molecule has 2 atom stereocenters. The van der Waals surface area contributed by atoms with E-state index in [1.54, 1.807) is 11.9 Å². The summed E-state index contributed by atoms with van der Waals surface area (Å²) >= 11 is 0. The van der Waals surface area contributed by atoms with Gasteiger partial charge in [-0.15, -0.1) is 12.4 Å². The van der Waals surface area contributed by atoms with Crippen LogP contribution in [-0.2, 0) is 9.59 Å². The minimum absolute atomic E-state index is 0. The molecule has 1 saturated heterocycles. The molecule has 1 fully saturated rings. The van der Waals surface area contributed by atoms with Gasteiger partial charge in [0.25, 0.3) is 0 Å². The Labute approximate surface area is 131 Å². The molecule has 116 valence electrons. The normalized spacial score (nSPS) is 21.0. The summed E-state index contributed by atoms with van der Waals surface area (Å²) in [6.07, 6.45) is 1.04. The molecule has 0 aliphatic carbocycles. The predicted octanol–water partition coefficient (Wildman–Crippen LogP) is 1.33. The van der Waals surface area contributed by atoms with Crippen LogP contribution < -0.4 is 15.5 Å². The molecule has 2 N–H and O–H groups in total. The Bertz CT molecular complexity index is 481. The van der Waals surface area contributed by atoms with E-state index < -0.39 is 6.04 Å². The maximum atomic E-state index is 12.4. The summed E-state index contributed by atoms with van der Waals surface area (Å²) in [5.74, 6) is -0.110. The van der Waals surface area contributed by atoms with Crippen molar-refractivity contribution in [2.24, 2.45) is 0 Å². The molecule has 1 heterocycles. The number of para-hydroxylation sites is 1. The van der Waals surface area contributed by atoms with E-state index in [2.05, 4.69) is 10.6 Å². The zero-order chi connectivity index (χ0) is 14.5. The van der Waals surface area contributed by atoms with Crippen LogP contribution in [-0.4, -0.2) is 37.5 Å². The highest BCUT2D eigenvalue weighted by Crippen LogP contribution is 2.26. The lowest BCUT2D eigenvalue weighted by molar-refractivity contribution is -0.126. The zero-order valence-corrected chi connectivity index (χ0v) is 13.2. The Morgan fingerprint density at radius 3 is 2.62 bits per heavy atom. The molecule has 0 saturated carbocycles. The predicted molar refractivity (Wildman–Crippen MR) is 85.7 cm³/mol. The van der Waals surface area contributed by atoms with Crippen LogP contribution in [0.2, 0.25) is 0 Å². The summed E-state index contributed by atoms with van der Waals surface area (Å²) in [7, 11) is 1.80. The second-order valence-electron chi connectivity index (χ2n) is 5.10. The lowest BCUT2D eigenvalue weighted by atomic mass is 10.2. The van der Waals surface area contributed by atoms with Crippen LogP contribution in [0.4, 0.5) is 5.69 Å². The van der Waals surface area contributed by atoms with Crippen molar-refractivity contribution in [2.75, 3.05) is 18.5 Å². The molecular weight excluding hydrogens is 290 g/mol. The number of hydrogen-bond donors (Lipinski definition) is 2. The smallest absolute Gasteiger partial charge is 0.249 e. The van der Waals surface area contributed by atoms with Gasteiger partial charge in [-0.1, -0.05) is 18.2 Å². The summed E-state index contributed by atoms with van der Waals surface area (Å²) in [6, 6.07) is 9.27. The Balaban J connectivity index is 0.00000220. The van der Waals surface area contributed by atoms with Gasteiger partial charge in [0.15, 0.2) is 0 Å². The summed E-state index contributed by atoms with van der Waals surface area (Å²) in [6.45, 7) is 2.62. The first-order valence-corrected chi connectivity index (χ1v) is 6.95. The molecule has 2 unspecified atom stereocenters. The molecule has 21 heavy (non-hydrogen) atoms. The molecule has 6 heteroatoms. The highest BCUT2D eigenvalue weighted by Gasteiger charge is 2.38. The van der Waals surface area contributed by atoms with Crippen LogP contribution >= 0.6 is 12.4 Å². The van der Waals surface area contributed by atoms with Crippen LogP contribution in [0.5, 0.6) is 0 Å². The Kier molecular flexibility index (Phi) is 6.65. The number of nitrogens with one attached hydrogen (secondary N) is 2. The topological polar surface area (TPSA) is 61.4 Å². The van der Waals surface area contributed by atoms with Crippen molar-refractivity contribution < 1.29 is 9.59 Å². The molecular formula is C15H22ClN3O2. The maximum Gasteiger partial charge on any atom is 0.249 e. The molecule has 0 spiro atoms. The van der Waals surface area contributed by atoms with Crippen molar-refractivity contribution in [3.8, 4) is 0 Å². The monoisotopic (exact) mass is 311 g/mol. The molecule has 2 rings (SSSR count). The molecule has 1 aliphatic heterocycles. The molecule has 1 aromatic carbocycles. The minimum atomic E-state index is -0.408. The van der Waals surface area contributed by atoms with Gasteiger partial charge in [-0.3, -0.25) is 9.59 Å². The van der Waals surface area contributed by atoms with E-state index in [1.807, 2.05) is 37.3 Å². The number of rotatable bonds is 5. The molecule has 0 radical (unpaired) electrons. The van der Waals surface area contributed by atoms with Crippen molar-refractivity contribution in [3.63, 3.8) is 0 Å². The van der Waals surface area contributed by atoms with E-state index in [0.29, 0.717) is 19.4 Å². The van der Waals surface area contributed by atoms with Crippen molar-refractivity contribution in [2.45, 2.75) is 31.8 Å². The first kappa shape index (κ1) is 17.5. The highest BCUT2D eigenvalue weighted by atomic mass is 35.5. The average Bonchev–Trinajstić information content (AvgIpc) is 2.72. The molecule has 1 aliphatic rings. The number of nitrogens with zero attached hydrogens (tertiary/aromatic N) is 1. The van der Waals surface area contributed by atoms with Gasteiger partial charge in [0, 0.05) is 24.7 Å². The van der Waals surface area contributed by atoms with E-state index in [0.717, 1.165) is 5.69 Å². The molecule has 2 amide bonds. The Morgan fingerprint density at radius 2 is 2.00 bits per heavy atom. The summed E-state index contributed by atoms with van der Waals surface area (Å²) in [5, 5.41) is 5.75. The second-order valence-corrected chi connectivity index (χ2v) is 5.10. The lowest BCUT2D eigenvalue weighted by Crippen LogP contribution is -2.42. The summed E-state index contributed by atoms with van der Waals surface area (Å²) in [4.78, 5) is 25.9. The number of amides is 2. The highest BCUT2D eigenvalue weighted by molar-refractivity contribution is 6.01. The van der Waals surface area contributed by atoms with Crippen LogP contribution in [0.1, 0.15) is 19.8 Å². The first-order chi connectivity index (χ1) is 9.63. The third-order valence-corrected chi connectivity index (χ3v) is 3.52. The van der Waals surface area contributed by atoms with Crippen molar-refractivity contribution in [1.29, 1.82) is 0 Å². The molecule has 0 aromatic heterocycles. The van der Waals surface area contributed by atoms with Gasteiger partial charge in [0.05, 0.1) is 0 Å². The average molecular weight is 312 g/mol. The van der Waals surface area contributed by atoms with E-state index in [4.69, 9.17) is 0 Å². The van der Waals surface area contributed by atoms with Gasteiger partial charge in [0.1, 0.15) is 6.04 Å². The SMILES string of the molecule is CNCCC(=O)NC1CC(C)N(c2ccccc2)C1=O.Cl. The second kappa shape index (κ2) is 8.00. The fourth-order valence-electron chi connectivity index (χ4n) is 2.53. The van der Waals surface area contributed by atoms with Crippen LogP contribution in [0, 0.1) is 0 Å². The van der Waals surface area contributed by atoms with E-state index in [-0.39, 0.29) is 30.3 Å². The van der Waals surface area contributed by atoms with E-state index in [9.17, 15) is 9.59 Å². The third-order valence-electron chi connectivity index (χ3n) is 3.52. The van der Waals surface area contributed by atoms with Gasteiger partial charge in [-0.05, 0) is 32.5 Å². The standard InChI is InChI=1S/C15H21N3O2.ClH/c1-11-10-13(17-14(19)8-9-16-2)15(20)18(11)12-6-4-3-5-7-12;/h3-7,11,13,16H,8-10H2,1-2H3,(H,17,19);1H. The Hall–Kier alpha value is -1.59. The number of halogens is 1. The lowest BCUT2D eigenvalue weighted by Gasteiger charge is -2.21. The summed E-state index contributed by atoms with van der Waals surface area (Å²) in [5.41, 5.74) is 0.886. The number of hydrogen-bond acceptors (Lipinski definition) is 3. The van der Waals surface area contributed by atoms with Gasteiger partial charge in [-0.2, -0.15) is 0 Å². The minimum Gasteiger partial charge on any atom is -0.344 e. The van der Waals surface area contributed by atoms with Gasteiger partial charge >= 0.3 is 0 Å². The summed E-state index contributed by atoms with van der Waals surface area (Å²) < 4.78 is 0. The number of carbonyl (C=O) groups is 2. The molecule has 5 nitrogen and oxygen atoms in total. The molecule has 1 aromatic rings. The largest absolute Gasteiger partial charge is 0.344 e. The fraction of sp³-hybridized carbons (Fsp3) is 0.467. The zero-order valence-electron chi connectivity index (χ0n) is 12.3. The van der Waals surface area contributed by atoms with Gasteiger partial charge < -0.3 is 15.5 Å². The molecule has 0 bridgehead atoms. The van der Waals surface area contributed by atoms with Crippen LogP contribution in [0.3, 0.4) is 0 Å². The van der Waals surface area contributed by atoms with Crippen LogP contribution in [0.15, 0.2) is 30.3 Å². The quantitative estimate of drug-likeness (QED) is 0.862. The van der Waals surface area contributed by atoms with Crippen molar-refractivity contribution in [1.82, 2.24) is 10.6 Å². The van der Waals surface area contributed by atoms with Crippen molar-refractivity contribution in [3.05, 3.63) is 30.3 Å². The van der Waals surface area contributed by atoms with Crippen LogP contribution in [0.25, 0.3) is 0 Å². The Morgan fingerprint density at radius 1 is 1.33 bits per heavy atom. The van der Waals surface area contributed by atoms with Crippen molar-refractivity contribution >= 4 is 29.9 Å².